The first-order valence-electron chi connectivity index (χ1n) is 5.28. The van der Waals surface area contributed by atoms with E-state index in [1.807, 2.05) is 28.7 Å². The van der Waals surface area contributed by atoms with Gasteiger partial charge in [0.2, 0.25) is 5.78 Å². The lowest BCUT2D eigenvalue weighted by atomic mass is 10.2. The molecule has 2 aromatic heterocycles. The number of halogens is 2. The standard InChI is InChI=1S/C12H9Cl2N3/c13-6-5-8-7-15-12-16-9-3-1-2-4-10(9)17(12)11(8)14/h1-4,7H,5-6H2. The van der Waals surface area contributed by atoms with Crippen LogP contribution >= 0.6 is 23.2 Å². The molecule has 3 nitrogen and oxygen atoms in total. The van der Waals surface area contributed by atoms with Crippen LogP contribution in [0, 0.1) is 0 Å². The van der Waals surface area contributed by atoms with Crippen molar-refractivity contribution in [1.82, 2.24) is 14.4 Å². The van der Waals surface area contributed by atoms with Gasteiger partial charge in [0.15, 0.2) is 0 Å². The third-order valence-electron chi connectivity index (χ3n) is 2.70. The van der Waals surface area contributed by atoms with E-state index in [9.17, 15) is 0 Å². The van der Waals surface area contributed by atoms with Crippen molar-refractivity contribution in [3.05, 3.63) is 41.2 Å². The molecule has 0 aliphatic heterocycles. The van der Waals surface area contributed by atoms with Crippen LogP contribution in [0.25, 0.3) is 16.8 Å². The van der Waals surface area contributed by atoms with E-state index in [1.54, 1.807) is 6.20 Å². The van der Waals surface area contributed by atoms with Gasteiger partial charge < -0.3 is 0 Å². The van der Waals surface area contributed by atoms with Gasteiger partial charge in [0, 0.05) is 17.6 Å². The van der Waals surface area contributed by atoms with Gasteiger partial charge >= 0.3 is 0 Å². The molecular formula is C12H9Cl2N3. The van der Waals surface area contributed by atoms with E-state index in [0.29, 0.717) is 23.2 Å². The Kier molecular flexibility index (Phi) is 2.65. The van der Waals surface area contributed by atoms with Crippen LogP contribution in [0.3, 0.4) is 0 Å². The fraction of sp³-hybridized carbons (Fsp3) is 0.167. The summed E-state index contributed by atoms with van der Waals surface area (Å²) in [4.78, 5) is 8.72. The molecule has 0 saturated carbocycles. The van der Waals surface area contributed by atoms with Crippen LogP contribution < -0.4 is 0 Å². The number of alkyl halides is 1. The highest BCUT2D eigenvalue weighted by Crippen LogP contribution is 2.23. The molecule has 86 valence electrons. The fourth-order valence-electron chi connectivity index (χ4n) is 1.90. The van der Waals surface area contributed by atoms with Gasteiger partial charge in [-0.05, 0) is 18.6 Å². The first-order valence-corrected chi connectivity index (χ1v) is 6.19. The predicted molar refractivity (Wildman–Crippen MR) is 69.9 cm³/mol. The van der Waals surface area contributed by atoms with Crippen LogP contribution in [-0.4, -0.2) is 20.2 Å². The third-order valence-corrected chi connectivity index (χ3v) is 3.30. The number of imidazole rings is 1. The predicted octanol–water partition coefficient (Wildman–Crippen LogP) is 3.32. The smallest absolute Gasteiger partial charge is 0.235 e. The summed E-state index contributed by atoms with van der Waals surface area (Å²) in [7, 11) is 0. The summed E-state index contributed by atoms with van der Waals surface area (Å²) in [6.45, 7) is 0. The Morgan fingerprint density at radius 2 is 2.06 bits per heavy atom. The maximum Gasteiger partial charge on any atom is 0.235 e. The highest BCUT2D eigenvalue weighted by molar-refractivity contribution is 6.31. The van der Waals surface area contributed by atoms with Gasteiger partial charge in [0.05, 0.1) is 11.0 Å². The SMILES string of the molecule is ClCCc1cnc2nc3ccccc3n2c1Cl. The Bertz CT molecular complexity index is 691. The van der Waals surface area contributed by atoms with Crippen molar-refractivity contribution >= 4 is 40.0 Å². The molecule has 3 aromatic rings. The summed E-state index contributed by atoms with van der Waals surface area (Å²) in [6.07, 6.45) is 2.45. The molecule has 0 atom stereocenters. The average Bonchev–Trinajstić information content (AvgIpc) is 2.72. The summed E-state index contributed by atoms with van der Waals surface area (Å²) in [5.41, 5.74) is 2.80. The lowest BCUT2D eigenvalue weighted by molar-refractivity contribution is 1.04. The third kappa shape index (κ3) is 1.66. The Balaban J connectivity index is 2.40. The lowest BCUT2D eigenvalue weighted by Gasteiger charge is -2.04. The molecule has 0 aliphatic rings. The van der Waals surface area contributed by atoms with E-state index in [0.717, 1.165) is 16.6 Å². The van der Waals surface area contributed by atoms with E-state index in [2.05, 4.69) is 9.97 Å². The molecule has 0 saturated heterocycles. The van der Waals surface area contributed by atoms with Gasteiger partial charge in [-0.25, -0.2) is 9.97 Å². The summed E-state index contributed by atoms with van der Waals surface area (Å²) in [6, 6.07) is 7.83. The number of nitrogens with zero attached hydrogens (tertiary/aromatic N) is 3. The average molecular weight is 266 g/mol. The van der Waals surface area contributed by atoms with E-state index < -0.39 is 0 Å². The minimum atomic E-state index is 0.527. The second-order valence-corrected chi connectivity index (χ2v) is 4.49. The number of fused-ring (bicyclic) bond motifs is 3. The highest BCUT2D eigenvalue weighted by atomic mass is 35.5. The number of aromatic nitrogens is 3. The number of para-hydroxylation sites is 2. The molecule has 0 amide bonds. The minimum Gasteiger partial charge on any atom is -0.266 e. The molecule has 17 heavy (non-hydrogen) atoms. The fourth-order valence-corrected chi connectivity index (χ4v) is 2.41. The molecule has 5 heteroatoms. The molecule has 2 heterocycles. The quantitative estimate of drug-likeness (QED) is 0.526. The minimum absolute atomic E-state index is 0.527. The van der Waals surface area contributed by atoms with Crippen LogP contribution in [0.2, 0.25) is 5.15 Å². The number of rotatable bonds is 2. The zero-order valence-electron chi connectivity index (χ0n) is 8.90. The van der Waals surface area contributed by atoms with Gasteiger partial charge in [-0.15, -0.1) is 11.6 Å². The van der Waals surface area contributed by atoms with Gasteiger partial charge in [-0.3, -0.25) is 4.40 Å². The van der Waals surface area contributed by atoms with Gasteiger partial charge in [-0.1, -0.05) is 23.7 Å². The Hall–Kier alpha value is -1.32. The van der Waals surface area contributed by atoms with E-state index >= 15 is 0 Å². The van der Waals surface area contributed by atoms with Crippen molar-refractivity contribution in [2.45, 2.75) is 6.42 Å². The second kappa shape index (κ2) is 4.17. The first kappa shape index (κ1) is 10.8. The van der Waals surface area contributed by atoms with Crippen LogP contribution in [0.1, 0.15) is 5.56 Å². The normalized spacial score (nSPS) is 11.4. The van der Waals surface area contributed by atoms with Crippen molar-refractivity contribution in [3.8, 4) is 0 Å². The van der Waals surface area contributed by atoms with Crippen molar-refractivity contribution in [3.63, 3.8) is 0 Å². The maximum atomic E-state index is 6.37. The molecule has 0 spiro atoms. The van der Waals surface area contributed by atoms with Crippen LogP contribution in [0.5, 0.6) is 0 Å². The Labute approximate surface area is 108 Å². The van der Waals surface area contributed by atoms with E-state index in [4.69, 9.17) is 23.2 Å². The number of benzene rings is 1. The van der Waals surface area contributed by atoms with Gasteiger partial charge in [0.25, 0.3) is 0 Å². The van der Waals surface area contributed by atoms with Crippen molar-refractivity contribution in [2.75, 3.05) is 5.88 Å². The van der Waals surface area contributed by atoms with Crippen LogP contribution in [-0.2, 0) is 6.42 Å². The molecule has 0 N–H and O–H groups in total. The Morgan fingerprint density at radius 1 is 1.24 bits per heavy atom. The van der Waals surface area contributed by atoms with Crippen LogP contribution in [0.4, 0.5) is 0 Å². The second-order valence-electron chi connectivity index (χ2n) is 3.75. The van der Waals surface area contributed by atoms with E-state index in [1.165, 1.54) is 0 Å². The van der Waals surface area contributed by atoms with E-state index in [-0.39, 0.29) is 0 Å². The molecule has 1 aromatic carbocycles. The van der Waals surface area contributed by atoms with Crippen LogP contribution in [0.15, 0.2) is 30.5 Å². The van der Waals surface area contributed by atoms with Gasteiger partial charge in [0.1, 0.15) is 5.15 Å². The zero-order chi connectivity index (χ0) is 11.8. The Morgan fingerprint density at radius 3 is 2.88 bits per heavy atom. The summed E-state index contributed by atoms with van der Waals surface area (Å²) in [5.74, 6) is 1.15. The maximum absolute atomic E-state index is 6.37. The molecular weight excluding hydrogens is 257 g/mol. The summed E-state index contributed by atoms with van der Waals surface area (Å²) in [5, 5.41) is 0.643. The summed E-state index contributed by atoms with van der Waals surface area (Å²) >= 11 is 12.1. The highest BCUT2D eigenvalue weighted by Gasteiger charge is 2.11. The molecule has 0 radical (unpaired) electrons. The van der Waals surface area contributed by atoms with Gasteiger partial charge in [-0.2, -0.15) is 0 Å². The molecule has 0 aliphatic carbocycles. The topological polar surface area (TPSA) is 30.2 Å². The molecule has 0 fully saturated rings. The number of hydrogen-bond donors (Lipinski definition) is 0. The molecule has 0 bridgehead atoms. The first-order chi connectivity index (χ1) is 8.31. The zero-order valence-corrected chi connectivity index (χ0v) is 10.4. The lowest BCUT2D eigenvalue weighted by Crippen LogP contribution is -1.97. The molecule has 3 rings (SSSR count). The monoisotopic (exact) mass is 265 g/mol. The largest absolute Gasteiger partial charge is 0.266 e. The number of aryl methyl sites for hydroxylation is 1. The van der Waals surface area contributed by atoms with Crippen molar-refractivity contribution in [1.29, 1.82) is 0 Å². The van der Waals surface area contributed by atoms with Crippen molar-refractivity contribution < 1.29 is 0 Å². The number of hydrogen-bond acceptors (Lipinski definition) is 2. The summed E-state index contributed by atoms with van der Waals surface area (Å²) < 4.78 is 1.86. The molecule has 0 unspecified atom stereocenters. The van der Waals surface area contributed by atoms with Crippen molar-refractivity contribution in [2.24, 2.45) is 0 Å².